The highest BCUT2D eigenvalue weighted by molar-refractivity contribution is 7.17. The topological polar surface area (TPSA) is 104 Å². The van der Waals surface area contributed by atoms with Gasteiger partial charge in [0.25, 0.3) is 5.91 Å². The van der Waals surface area contributed by atoms with E-state index in [0.717, 1.165) is 5.56 Å². The Balaban J connectivity index is 1.62. The lowest BCUT2D eigenvalue weighted by Gasteiger charge is -2.09. The van der Waals surface area contributed by atoms with Crippen LogP contribution in [0, 0.1) is 19.7 Å². The van der Waals surface area contributed by atoms with Crippen LogP contribution >= 0.6 is 11.3 Å². The Morgan fingerprint density at radius 1 is 1.09 bits per heavy atom. The molecular weight excluding hydrogens is 435 g/mol. The van der Waals surface area contributed by atoms with Crippen LogP contribution in [0.4, 0.5) is 10.1 Å². The first-order valence-corrected chi connectivity index (χ1v) is 10.3. The van der Waals surface area contributed by atoms with Crippen LogP contribution < -0.4 is 14.8 Å². The number of hydrogen-bond acceptors (Lipinski definition) is 8. The maximum Gasteiger partial charge on any atom is 0.267 e. The molecular formula is C21H19FN6O3S. The Morgan fingerprint density at radius 2 is 1.88 bits per heavy atom. The molecule has 1 amide bonds. The minimum absolute atomic E-state index is 0.0165. The van der Waals surface area contributed by atoms with E-state index in [4.69, 9.17) is 9.47 Å². The normalized spacial score (nSPS) is 10.8. The van der Waals surface area contributed by atoms with Crippen LogP contribution in [0.5, 0.6) is 11.5 Å². The van der Waals surface area contributed by atoms with Crippen molar-refractivity contribution in [2.75, 3.05) is 19.5 Å². The molecule has 0 bridgehead atoms. The highest BCUT2D eigenvalue weighted by atomic mass is 32.1. The minimum atomic E-state index is -0.574. The van der Waals surface area contributed by atoms with E-state index < -0.39 is 11.7 Å². The van der Waals surface area contributed by atoms with Gasteiger partial charge in [0.05, 0.1) is 31.3 Å². The van der Waals surface area contributed by atoms with Gasteiger partial charge in [0.1, 0.15) is 15.7 Å². The third-order valence-electron chi connectivity index (χ3n) is 4.70. The van der Waals surface area contributed by atoms with Gasteiger partial charge in [-0.25, -0.2) is 9.37 Å². The van der Waals surface area contributed by atoms with Gasteiger partial charge in [-0.3, -0.25) is 4.79 Å². The Kier molecular flexibility index (Phi) is 5.82. The molecule has 2 aromatic carbocycles. The van der Waals surface area contributed by atoms with Gasteiger partial charge in [0.15, 0.2) is 17.3 Å². The number of amides is 1. The molecule has 164 valence electrons. The predicted octanol–water partition coefficient (Wildman–Crippen LogP) is 3.81. The van der Waals surface area contributed by atoms with E-state index in [9.17, 15) is 9.18 Å². The standard InChI is InChI=1S/C21H19FN6O3S/c1-11-19(32-21(23-11)13-5-8-17(30-3)18(9-13)31-4)20(29)24-16-10-14(6-7-15(16)22)28-12(2)25-26-27-28/h5-10H,1-4H3,(H,24,29). The molecule has 0 saturated carbocycles. The molecule has 0 radical (unpaired) electrons. The zero-order valence-corrected chi connectivity index (χ0v) is 18.5. The van der Waals surface area contributed by atoms with Gasteiger partial charge in [0, 0.05) is 5.56 Å². The van der Waals surface area contributed by atoms with Crippen molar-refractivity contribution in [1.29, 1.82) is 0 Å². The fourth-order valence-corrected chi connectivity index (χ4v) is 4.05. The zero-order valence-electron chi connectivity index (χ0n) is 17.7. The second-order valence-electron chi connectivity index (χ2n) is 6.76. The number of tetrazole rings is 1. The molecule has 0 aliphatic rings. The molecule has 0 unspecified atom stereocenters. The van der Waals surface area contributed by atoms with Crippen LogP contribution in [0.2, 0.25) is 0 Å². The van der Waals surface area contributed by atoms with Crippen molar-refractivity contribution in [3.8, 4) is 27.8 Å². The third-order valence-corrected chi connectivity index (χ3v) is 5.91. The van der Waals surface area contributed by atoms with Gasteiger partial charge < -0.3 is 14.8 Å². The van der Waals surface area contributed by atoms with E-state index in [0.29, 0.717) is 38.6 Å². The highest BCUT2D eigenvalue weighted by Crippen LogP contribution is 2.35. The van der Waals surface area contributed by atoms with Crippen LogP contribution in [0.1, 0.15) is 21.2 Å². The average Bonchev–Trinajstić information content (AvgIpc) is 3.40. The Bertz CT molecular complexity index is 1300. The summed E-state index contributed by atoms with van der Waals surface area (Å²) in [6.07, 6.45) is 0. The monoisotopic (exact) mass is 454 g/mol. The summed E-state index contributed by atoms with van der Waals surface area (Å²) < 4.78 is 26.4. The number of aryl methyl sites for hydroxylation is 2. The molecule has 4 aromatic rings. The van der Waals surface area contributed by atoms with E-state index in [1.165, 1.54) is 34.2 Å². The lowest BCUT2D eigenvalue weighted by molar-refractivity contribution is 0.102. The van der Waals surface area contributed by atoms with Crippen molar-refractivity contribution >= 4 is 22.9 Å². The van der Waals surface area contributed by atoms with Gasteiger partial charge in [-0.05, 0) is 60.7 Å². The molecule has 0 aliphatic carbocycles. The number of carbonyl (C=O) groups is 1. The van der Waals surface area contributed by atoms with Gasteiger partial charge >= 0.3 is 0 Å². The van der Waals surface area contributed by atoms with Gasteiger partial charge in [-0.2, -0.15) is 4.68 Å². The van der Waals surface area contributed by atoms with Crippen molar-refractivity contribution in [3.05, 3.63) is 58.6 Å². The number of thiazole rings is 1. The number of rotatable bonds is 6. The molecule has 11 heteroatoms. The Labute approximate surface area is 186 Å². The molecule has 0 saturated heterocycles. The summed E-state index contributed by atoms with van der Waals surface area (Å²) in [6.45, 7) is 3.45. The van der Waals surface area contributed by atoms with Crippen molar-refractivity contribution < 1.29 is 18.7 Å². The van der Waals surface area contributed by atoms with E-state index in [2.05, 4.69) is 25.8 Å². The molecule has 1 N–H and O–H groups in total. The molecule has 0 aliphatic heterocycles. The van der Waals surface area contributed by atoms with Crippen molar-refractivity contribution in [2.24, 2.45) is 0 Å². The number of anilines is 1. The molecule has 2 aromatic heterocycles. The first-order chi connectivity index (χ1) is 15.4. The molecule has 0 fully saturated rings. The summed E-state index contributed by atoms with van der Waals surface area (Å²) >= 11 is 1.20. The Hall–Kier alpha value is -3.86. The number of carbonyl (C=O) groups excluding carboxylic acids is 1. The van der Waals surface area contributed by atoms with Gasteiger partial charge in [-0.15, -0.1) is 16.4 Å². The van der Waals surface area contributed by atoms with E-state index >= 15 is 0 Å². The molecule has 4 rings (SSSR count). The summed E-state index contributed by atoms with van der Waals surface area (Å²) in [5.41, 5.74) is 1.85. The fraction of sp³-hybridized carbons (Fsp3) is 0.190. The summed E-state index contributed by atoms with van der Waals surface area (Å²) in [6, 6.07) is 9.65. The zero-order chi connectivity index (χ0) is 22.8. The van der Waals surface area contributed by atoms with E-state index in [1.54, 1.807) is 40.2 Å². The smallest absolute Gasteiger partial charge is 0.267 e. The van der Waals surface area contributed by atoms with E-state index in [1.807, 2.05) is 6.07 Å². The molecule has 32 heavy (non-hydrogen) atoms. The molecule has 2 heterocycles. The van der Waals surface area contributed by atoms with E-state index in [-0.39, 0.29) is 5.69 Å². The predicted molar refractivity (Wildman–Crippen MR) is 117 cm³/mol. The number of ether oxygens (including phenoxy) is 2. The van der Waals surface area contributed by atoms with Crippen molar-refractivity contribution in [1.82, 2.24) is 25.2 Å². The SMILES string of the molecule is COc1ccc(-c2nc(C)c(C(=O)Nc3cc(-n4nnnc4C)ccc3F)s2)cc1OC. The average molecular weight is 454 g/mol. The largest absolute Gasteiger partial charge is 0.493 e. The lowest BCUT2D eigenvalue weighted by atomic mass is 10.2. The molecule has 0 spiro atoms. The first kappa shape index (κ1) is 21.4. The highest BCUT2D eigenvalue weighted by Gasteiger charge is 2.19. The molecule has 9 nitrogen and oxygen atoms in total. The number of halogens is 1. The van der Waals surface area contributed by atoms with Crippen LogP contribution in [-0.2, 0) is 0 Å². The summed E-state index contributed by atoms with van der Waals surface area (Å²) in [7, 11) is 3.11. The summed E-state index contributed by atoms with van der Waals surface area (Å²) in [5.74, 6) is 0.648. The number of benzene rings is 2. The van der Waals surface area contributed by atoms with Crippen LogP contribution in [0.3, 0.4) is 0 Å². The van der Waals surface area contributed by atoms with Crippen LogP contribution in [-0.4, -0.2) is 45.3 Å². The van der Waals surface area contributed by atoms with Gasteiger partial charge in [-0.1, -0.05) is 0 Å². The van der Waals surface area contributed by atoms with Crippen LogP contribution in [0.15, 0.2) is 36.4 Å². The second-order valence-corrected chi connectivity index (χ2v) is 7.76. The van der Waals surface area contributed by atoms with Crippen molar-refractivity contribution in [3.63, 3.8) is 0 Å². The number of nitrogens with zero attached hydrogens (tertiary/aromatic N) is 5. The Morgan fingerprint density at radius 3 is 2.56 bits per heavy atom. The summed E-state index contributed by atoms with van der Waals surface area (Å²) in [4.78, 5) is 17.8. The van der Waals surface area contributed by atoms with Gasteiger partial charge in [0.2, 0.25) is 0 Å². The third kappa shape index (κ3) is 4.02. The number of methoxy groups -OCH3 is 2. The lowest BCUT2D eigenvalue weighted by Crippen LogP contribution is -2.13. The van der Waals surface area contributed by atoms with Crippen LogP contribution in [0.25, 0.3) is 16.3 Å². The number of hydrogen-bond donors (Lipinski definition) is 1. The number of aromatic nitrogens is 5. The second kappa shape index (κ2) is 8.71. The number of nitrogens with one attached hydrogen (secondary N) is 1. The maximum atomic E-state index is 14.4. The molecule has 0 atom stereocenters. The first-order valence-electron chi connectivity index (χ1n) is 9.47. The minimum Gasteiger partial charge on any atom is -0.493 e. The van der Waals surface area contributed by atoms with Crippen molar-refractivity contribution in [2.45, 2.75) is 13.8 Å². The summed E-state index contributed by atoms with van der Waals surface area (Å²) in [5, 5.41) is 14.5. The maximum absolute atomic E-state index is 14.4. The quantitative estimate of drug-likeness (QED) is 0.472. The fourth-order valence-electron chi connectivity index (χ4n) is 3.09.